The van der Waals surface area contributed by atoms with Gasteiger partial charge in [0.15, 0.2) is 5.76 Å². The zero-order valence-corrected chi connectivity index (χ0v) is 14.0. The number of furan rings is 1. The largest absolute Gasteiger partial charge is 0.484 e. The minimum absolute atomic E-state index is 0.00248. The molecule has 1 aromatic carbocycles. The predicted octanol–water partition coefficient (Wildman–Crippen LogP) is 3.95. The van der Waals surface area contributed by atoms with Gasteiger partial charge in [-0.3, -0.25) is 14.9 Å². The molecular weight excluding hydrogens is 336 g/mol. The van der Waals surface area contributed by atoms with Crippen LogP contribution in [0.3, 0.4) is 0 Å². The molecule has 0 radical (unpaired) electrons. The molecule has 2 rings (SSSR count). The Labute approximate surface area is 143 Å². The first-order valence-corrected chi connectivity index (χ1v) is 7.74. The van der Waals surface area contributed by atoms with Crippen molar-refractivity contribution in [1.82, 2.24) is 5.32 Å². The number of non-ortho nitro benzene ring substituents is 1. The summed E-state index contributed by atoms with van der Waals surface area (Å²) in [5.41, 5.74) is -0.123. The molecule has 1 aromatic heterocycles. The van der Waals surface area contributed by atoms with E-state index >= 15 is 0 Å². The number of benzene rings is 1. The lowest BCUT2D eigenvalue weighted by Crippen LogP contribution is -2.31. The third kappa shape index (κ3) is 4.48. The Morgan fingerprint density at radius 2 is 2.17 bits per heavy atom. The fourth-order valence-electron chi connectivity index (χ4n) is 1.84. The summed E-state index contributed by atoms with van der Waals surface area (Å²) in [5.74, 6) is 0.461. The topological polar surface area (TPSA) is 94.6 Å². The van der Waals surface area contributed by atoms with Crippen molar-refractivity contribution in [3.8, 4) is 5.75 Å². The summed E-state index contributed by atoms with van der Waals surface area (Å²) in [5, 5.41) is 13.8. The number of halogens is 1. The van der Waals surface area contributed by atoms with Crippen LogP contribution in [0, 0.1) is 10.1 Å². The van der Waals surface area contributed by atoms with Gasteiger partial charge >= 0.3 is 0 Å². The number of rotatable bonds is 7. The molecule has 0 bridgehead atoms. The molecular formula is C16H17ClN2O5. The summed E-state index contributed by atoms with van der Waals surface area (Å²) in [7, 11) is 0. The molecule has 0 aliphatic heterocycles. The van der Waals surface area contributed by atoms with Crippen LogP contribution in [0.4, 0.5) is 5.69 Å². The van der Waals surface area contributed by atoms with Gasteiger partial charge in [-0.05, 0) is 31.5 Å². The minimum Gasteiger partial charge on any atom is -0.484 e. The molecule has 0 fully saturated rings. The van der Waals surface area contributed by atoms with Crippen LogP contribution < -0.4 is 10.1 Å². The number of amides is 1. The average molecular weight is 353 g/mol. The number of hydrogen-bond acceptors (Lipinski definition) is 5. The van der Waals surface area contributed by atoms with Crippen LogP contribution in [0.25, 0.3) is 0 Å². The Kier molecular flexibility index (Phi) is 5.81. The summed E-state index contributed by atoms with van der Waals surface area (Å²) < 4.78 is 10.9. The number of nitrogens with one attached hydrogen (secondary N) is 1. The molecule has 0 spiro atoms. The van der Waals surface area contributed by atoms with Crippen molar-refractivity contribution in [2.45, 2.75) is 32.9 Å². The highest BCUT2D eigenvalue weighted by Crippen LogP contribution is 2.29. The molecule has 8 heteroatoms. The highest BCUT2D eigenvalue weighted by Gasteiger charge is 2.15. The van der Waals surface area contributed by atoms with E-state index in [1.807, 2.05) is 13.8 Å². The highest BCUT2D eigenvalue weighted by atomic mass is 35.5. The molecule has 24 heavy (non-hydrogen) atoms. The molecule has 7 nitrogen and oxygen atoms in total. The maximum absolute atomic E-state index is 11.9. The normalized spacial score (nSPS) is 11.8. The number of carbonyl (C=O) groups is 1. The fourth-order valence-corrected chi connectivity index (χ4v) is 2.01. The second-order valence-corrected chi connectivity index (χ2v) is 5.62. The molecule has 1 atom stereocenters. The third-order valence-electron chi connectivity index (χ3n) is 3.37. The number of carbonyl (C=O) groups excluding carboxylic acids is 1. The van der Waals surface area contributed by atoms with Crippen LogP contribution >= 0.6 is 11.6 Å². The molecule has 128 valence electrons. The Morgan fingerprint density at radius 3 is 2.83 bits per heavy atom. The van der Waals surface area contributed by atoms with Crippen molar-refractivity contribution in [1.29, 1.82) is 0 Å². The van der Waals surface area contributed by atoms with E-state index in [0.29, 0.717) is 5.76 Å². The summed E-state index contributed by atoms with van der Waals surface area (Å²) in [4.78, 5) is 22.2. The van der Waals surface area contributed by atoms with Crippen molar-refractivity contribution >= 4 is 23.2 Å². The molecule has 2 aromatic rings. The molecule has 0 saturated heterocycles. The summed E-state index contributed by atoms with van der Waals surface area (Å²) in [6.45, 7) is 3.86. The van der Waals surface area contributed by atoms with Gasteiger partial charge in [0.1, 0.15) is 18.1 Å². The van der Waals surface area contributed by atoms with Crippen LogP contribution in [-0.2, 0) is 6.61 Å². The van der Waals surface area contributed by atoms with Gasteiger partial charge in [-0.15, -0.1) is 0 Å². The lowest BCUT2D eigenvalue weighted by atomic mass is 10.2. The van der Waals surface area contributed by atoms with Crippen molar-refractivity contribution < 1.29 is 18.9 Å². The van der Waals surface area contributed by atoms with E-state index in [4.69, 9.17) is 20.8 Å². The van der Waals surface area contributed by atoms with Crippen molar-refractivity contribution in [3.05, 3.63) is 57.0 Å². The number of nitro benzene ring substituents is 1. The third-order valence-corrected chi connectivity index (χ3v) is 3.68. The Hall–Kier alpha value is -2.54. The van der Waals surface area contributed by atoms with E-state index in [-0.39, 0.29) is 40.8 Å². The van der Waals surface area contributed by atoms with E-state index < -0.39 is 4.92 Å². The molecule has 0 saturated carbocycles. The van der Waals surface area contributed by atoms with Gasteiger partial charge in [0.2, 0.25) is 0 Å². The minimum atomic E-state index is -0.534. The van der Waals surface area contributed by atoms with Crippen molar-refractivity contribution in [2.24, 2.45) is 0 Å². The first kappa shape index (κ1) is 17.8. The summed E-state index contributed by atoms with van der Waals surface area (Å²) >= 11 is 5.95. The van der Waals surface area contributed by atoms with E-state index in [0.717, 1.165) is 6.42 Å². The first-order valence-electron chi connectivity index (χ1n) is 7.37. The average Bonchev–Trinajstić information content (AvgIpc) is 3.02. The van der Waals surface area contributed by atoms with Crippen LogP contribution in [0.5, 0.6) is 5.75 Å². The van der Waals surface area contributed by atoms with Crippen molar-refractivity contribution in [2.75, 3.05) is 0 Å². The van der Waals surface area contributed by atoms with E-state index in [1.54, 1.807) is 12.1 Å². The molecule has 1 N–H and O–H groups in total. The molecule has 0 aliphatic rings. The molecule has 1 amide bonds. The molecule has 0 aliphatic carbocycles. The van der Waals surface area contributed by atoms with E-state index in [2.05, 4.69) is 5.32 Å². The van der Waals surface area contributed by atoms with Gasteiger partial charge in [-0.2, -0.15) is 0 Å². The maximum atomic E-state index is 11.9. The van der Waals surface area contributed by atoms with Gasteiger partial charge in [0.05, 0.1) is 16.0 Å². The second-order valence-electron chi connectivity index (χ2n) is 5.21. The van der Waals surface area contributed by atoms with Crippen molar-refractivity contribution in [3.63, 3.8) is 0 Å². The smallest absolute Gasteiger partial charge is 0.287 e. The quantitative estimate of drug-likeness (QED) is 0.601. The predicted molar refractivity (Wildman–Crippen MR) is 88.4 cm³/mol. The highest BCUT2D eigenvalue weighted by molar-refractivity contribution is 6.32. The first-order chi connectivity index (χ1) is 11.4. The number of nitrogens with zero attached hydrogens (tertiary/aromatic N) is 1. The lowest BCUT2D eigenvalue weighted by Gasteiger charge is -2.09. The van der Waals surface area contributed by atoms with E-state index in [9.17, 15) is 14.9 Å². The van der Waals surface area contributed by atoms with Crippen LogP contribution in [-0.4, -0.2) is 16.9 Å². The SMILES string of the molecule is CCC(C)NC(=O)c1ccc(COc2cc([N+](=O)[O-])ccc2Cl)o1. The van der Waals surface area contributed by atoms with Gasteiger partial charge in [0, 0.05) is 12.1 Å². The number of nitro groups is 1. The Balaban J connectivity index is 2.02. The van der Waals surface area contributed by atoms with Gasteiger partial charge in [-0.1, -0.05) is 18.5 Å². The summed E-state index contributed by atoms with van der Waals surface area (Å²) in [6, 6.07) is 7.12. The Bertz CT molecular complexity index is 744. The van der Waals surface area contributed by atoms with Crippen LogP contribution in [0.15, 0.2) is 34.7 Å². The maximum Gasteiger partial charge on any atom is 0.287 e. The molecule has 1 unspecified atom stereocenters. The van der Waals surface area contributed by atoms with Gasteiger partial charge < -0.3 is 14.5 Å². The number of ether oxygens (including phenoxy) is 1. The fraction of sp³-hybridized carbons (Fsp3) is 0.312. The van der Waals surface area contributed by atoms with Crippen LogP contribution in [0.1, 0.15) is 36.6 Å². The summed E-state index contributed by atoms with van der Waals surface area (Å²) in [6.07, 6.45) is 0.813. The Morgan fingerprint density at radius 1 is 1.42 bits per heavy atom. The number of hydrogen-bond donors (Lipinski definition) is 1. The van der Waals surface area contributed by atoms with Gasteiger partial charge in [0.25, 0.3) is 11.6 Å². The van der Waals surface area contributed by atoms with Gasteiger partial charge in [-0.25, -0.2) is 0 Å². The molecule has 1 heterocycles. The zero-order chi connectivity index (χ0) is 17.7. The van der Waals surface area contributed by atoms with E-state index in [1.165, 1.54) is 18.2 Å². The lowest BCUT2D eigenvalue weighted by molar-refractivity contribution is -0.384. The second kappa shape index (κ2) is 7.83. The zero-order valence-electron chi connectivity index (χ0n) is 13.2. The standard InChI is InChI=1S/C16H17ClN2O5/c1-3-10(2)18-16(20)14-7-5-12(24-14)9-23-15-8-11(19(21)22)4-6-13(15)17/h4-8,10H,3,9H2,1-2H3,(H,18,20). The van der Waals surface area contributed by atoms with Crippen LogP contribution in [0.2, 0.25) is 5.02 Å². The monoisotopic (exact) mass is 352 g/mol.